The number of hydrogen-bond donors (Lipinski definition) is 0. The van der Waals surface area contributed by atoms with Gasteiger partial charge in [-0.2, -0.15) is 0 Å². The van der Waals surface area contributed by atoms with Crippen molar-refractivity contribution in [2.45, 2.75) is 63.6 Å². The minimum Gasteiger partial charge on any atom is -0.466 e. The van der Waals surface area contributed by atoms with Crippen LogP contribution in [0.4, 0.5) is 0 Å². The van der Waals surface area contributed by atoms with E-state index in [1.165, 1.54) is 32.1 Å². The zero-order valence-electron chi connectivity index (χ0n) is 9.93. The number of carbonyl (C=O) groups excluding carboxylic acids is 1. The first-order chi connectivity index (χ1) is 7.20. The Morgan fingerprint density at radius 3 is 2.47 bits per heavy atom. The van der Waals surface area contributed by atoms with E-state index in [4.69, 9.17) is 4.74 Å². The molecular formula is C12H23BrO2. The van der Waals surface area contributed by atoms with E-state index in [1.54, 1.807) is 0 Å². The van der Waals surface area contributed by atoms with Gasteiger partial charge in [0, 0.05) is 4.83 Å². The summed E-state index contributed by atoms with van der Waals surface area (Å²) in [4.78, 5) is 11.4. The van der Waals surface area contributed by atoms with Crippen LogP contribution in [-0.4, -0.2) is 17.4 Å². The van der Waals surface area contributed by atoms with Crippen LogP contribution in [0.1, 0.15) is 58.8 Å². The number of carbonyl (C=O) groups is 1. The van der Waals surface area contributed by atoms with Crippen LogP contribution in [0.5, 0.6) is 0 Å². The van der Waals surface area contributed by atoms with Gasteiger partial charge in [0.05, 0.1) is 13.0 Å². The first-order valence-corrected chi connectivity index (χ1v) is 6.92. The second kappa shape index (κ2) is 10.5. The number of ether oxygens (including phenoxy) is 1. The molecule has 0 aromatic carbocycles. The number of esters is 1. The van der Waals surface area contributed by atoms with Gasteiger partial charge in [0.25, 0.3) is 0 Å². The predicted molar refractivity (Wildman–Crippen MR) is 67.3 cm³/mol. The molecule has 15 heavy (non-hydrogen) atoms. The summed E-state index contributed by atoms with van der Waals surface area (Å²) in [5, 5.41) is 0. The van der Waals surface area contributed by atoms with Gasteiger partial charge in [-0.15, -0.1) is 0 Å². The third-order valence-electron chi connectivity index (χ3n) is 2.31. The highest BCUT2D eigenvalue weighted by Crippen LogP contribution is 2.16. The van der Waals surface area contributed by atoms with Crippen LogP contribution in [0.2, 0.25) is 0 Å². The Balaban J connectivity index is 3.32. The van der Waals surface area contributed by atoms with Gasteiger partial charge >= 0.3 is 5.97 Å². The molecule has 0 aromatic heterocycles. The number of rotatable bonds is 9. The van der Waals surface area contributed by atoms with E-state index in [0.717, 1.165) is 6.42 Å². The average Bonchev–Trinajstić information content (AvgIpc) is 2.17. The average molecular weight is 279 g/mol. The summed E-state index contributed by atoms with van der Waals surface area (Å²) in [5.74, 6) is -0.0899. The van der Waals surface area contributed by atoms with Crippen molar-refractivity contribution < 1.29 is 9.53 Å². The summed E-state index contributed by atoms with van der Waals surface area (Å²) in [5.41, 5.74) is 0. The van der Waals surface area contributed by atoms with E-state index < -0.39 is 0 Å². The molecular weight excluding hydrogens is 256 g/mol. The minimum absolute atomic E-state index is 0.0899. The van der Waals surface area contributed by atoms with E-state index >= 15 is 0 Å². The Labute approximate surface area is 102 Å². The van der Waals surface area contributed by atoms with Crippen LogP contribution < -0.4 is 0 Å². The highest BCUT2D eigenvalue weighted by Gasteiger charge is 2.10. The van der Waals surface area contributed by atoms with E-state index in [1.807, 2.05) is 6.92 Å². The van der Waals surface area contributed by atoms with Gasteiger partial charge in [0.2, 0.25) is 0 Å². The number of unbranched alkanes of at least 4 members (excludes halogenated alkanes) is 4. The first kappa shape index (κ1) is 14.9. The van der Waals surface area contributed by atoms with Gasteiger partial charge < -0.3 is 4.74 Å². The number of alkyl halides is 1. The van der Waals surface area contributed by atoms with Crippen LogP contribution in [0.25, 0.3) is 0 Å². The van der Waals surface area contributed by atoms with Gasteiger partial charge in [-0.3, -0.25) is 4.79 Å². The van der Waals surface area contributed by atoms with Gasteiger partial charge in [0.1, 0.15) is 0 Å². The van der Waals surface area contributed by atoms with Crippen LogP contribution in [0, 0.1) is 0 Å². The van der Waals surface area contributed by atoms with Gasteiger partial charge in [-0.1, -0.05) is 55.0 Å². The van der Waals surface area contributed by atoms with Gasteiger partial charge in [0.15, 0.2) is 0 Å². The lowest BCUT2D eigenvalue weighted by molar-refractivity contribution is -0.143. The van der Waals surface area contributed by atoms with Gasteiger partial charge in [-0.25, -0.2) is 0 Å². The second-order valence-corrected chi connectivity index (χ2v) is 5.10. The highest BCUT2D eigenvalue weighted by molar-refractivity contribution is 9.09. The SMILES string of the molecule is CCCCCCCC(Br)CC(=O)OCC. The van der Waals surface area contributed by atoms with Crippen molar-refractivity contribution in [1.29, 1.82) is 0 Å². The fourth-order valence-electron chi connectivity index (χ4n) is 1.47. The van der Waals surface area contributed by atoms with Crippen LogP contribution in [0.3, 0.4) is 0 Å². The predicted octanol–water partition coefficient (Wildman–Crippen LogP) is 4.06. The van der Waals surface area contributed by atoms with E-state index in [2.05, 4.69) is 22.9 Å². The van der Waals surface area contributed by atoms with Crippen molar-refractivity contribution in [3.63, 3.8) is 0 Å². The summed E-state index contributed by atoms with van der Waals surface area (Å²) < 4.78 is 4.89. The monoisotopic (exact) mass is 278 g/mol. The minimum atomic E-state index is -0.0899. The van der Waals surface area contributed by atoms with Crippen molar-refractivity contribution in [2.75, 3.05) is 6.61 Å². The highest BCUT2D eigenvalue weighted by atomic mass is 79.9. The molecule has 0 aliphatic rings. The lowest BCUT2D eigenvalue weighted by atomic mass is 10.1. The Kier molecular flexibility index (Phi) is 10.4. The van der Waals surface area contributed by atoms with Crippen molar-refractivity contribution in [3.8, 4) is 0 Å². The lowest BCUT2D eigenvalue weighted by Crippen LogP contribution is -2.11. The zero-order chi connectivity index (χ0) is 11.5. The normalized spacial score (nSPS) is 12.5. The summed E-state index contributed by atoms with van der Waals surface area (Å²) in [6.07, 6.45) is 7.97. The maximum atomic E-state index is 11.1. The smallest absolute Gasteiger partial charge is 0.306 e. The summed E-state index contributed by atoms with van der Waals surface area (Å²) in [6.45, 7) is 4.54. The molecule has 0 aromatic rings. The third kappa shape index (κ3) is 10.2. The molecule has 0 amide bonds. The van der Waals surface area contributed by atoms with Crippen molar-refractivity contribution >= 4 is 21.9 Å². The Morgan fingerprint density at radius 2 is 1.87 bits per heavy atom. The lowest BCUT2D eigenvalue weighted by Gasteiger charge is -2.08. The largest absolute Gasteiger partial charge is 0.466 e. The topological polar surface area (TPSA) is 26.3 Å². The van der Waals surface area contributed by atoms with Gasteiger partial charge in [-0.05, 0) is 13.3 Å². The third-order valence-corrected chi connectivity index (χ3v) is 3.10. The molecule has 0 spiro atoms. The standard InChI is InChI=1S/C12H23BrO2/c1-3-5-6-7-8-9-11(13)10-12(14)15-4-2/h11H,3-10H2,1-2H3. The van der Waals surface area contributed by atoms with E-state index in [-0.39, 0.29) is 10.8 Å². The Bertz CT molecular complexity index is 160. The molecule has 0 aliphatic carbocycles. The maximum Gasteiger partial charge on any atom is 0.306 e. The molecule has 1 atom stereocenters. The molecule has 0 saturated carbocycles. The Morgan fingerprint density at radius 1 is 1.20 bits per heavy atom. The summed E-state index contributed by atoms with van der Waals surface area (Å²) in [6, 6.07) is 0. The van der Waals surface area contributed by atoms with E-state index in [9.17, 15) is 4.79 Å². The maximum absolute atomic E-state index is 11.1. The molecule has 0 saturated heterocycles. The molecule has 0 fully saturated rings. The molecule has 0 rings (SSSR count). The molecule has 3 heteroatoms. The molecule has 0 heterocycles. The fourth-order valence-corrected chi connectivity index (χ4v) is 2.06. The molecule has 0 radical (unpaired) electrons. The molecule has 0 aliphatic heterocycles. The number of hydrogen-bond acceptors (Lipinski definition) is 2. The molecule has 90 valence electrons. The van der Waals surface area contributed by atoms with Crippen molar-refractivity contribution in [1.82, 2.24) is 0 Å². The summed E-state index contributed by atoms with van der Waals surface area (Å²) in [7, 11) is 0. The second-order valence-electron chi connectivity index (χ2n) is 3.81. The molecule has 1 unspecified atom stereocenters. The molecule has 0 bridgehead atoms. The quantitative estimate of drug-likeness (QED) is 0.361. The first-order valence-electron chi connectivity index (χ1n) is 6.00. The van der Waals surface area contributed by atoms with Crippen LogP contribution >= 0.6 is 15.9 Å². The van der Waals surface area contributed by atoms with Crippen LogP contribution in [-0.2, 0) is 9.53 Å². The summed E-state index contributed by atoms with van der Waals surface area (Å²) >= 11 is 3.52. The molecule has 0 N–H and O–H groups in total. The molecule has 2 nitrogen and oxygen atoms in total. The Hall–Kier alpha value is -0.0500. The van der Waals surface area contributed by atoms with E-state index in [0.29, 0.717) is 13.0 Å². The number of halogens is 1. The van der Waals surface area contributed by atoms with Crippen LogP contribution in [0.15, 0.2) is 0 Å². The van der Waals surface area contributed by atoms with Crippen molar-refractivity contribution in [3.05, 3.63) is 0 Å². The zero-order valence-corrected chi connectivity index (χ0v) is 11.5. The fraction of sp³-hybridized carbons (Fsp3) is 0.917. The van der Waals surface area contributed by atoms with Crippen molar-refractivity contribution in [2.24, 2.45) is 0 Å².